The average molecular weight is 280 g/mol. The molecule has 0 unspecified atom stereocenters. The van der Waals surface area contributed by atoms with Gasteiger partial charge in [0.1, 0.15) is 11.6 Å². The molecule has 1 aliphatic heterocycles. The maximum atomic E-state index is 12.7. The quantitative estimate of drug-likeness (QED) is 0.777. The molecular formula is C16H25FN2O. The van der Waals surface area contributed by atoms with Gasteiger partial charge in [-0.05, 0) is 76.1 Å². The number of piperidine rings is 1. The molecule has 1 N–H and O–H groups in total. The molecule has 112 valence electrons. The Hall–Kier alpha value is -1.13. The fourth-order valence-corrected chi connectivity index (χ4v) is 2.71. The van der Waals surface area contributed by atoms with Gasteiger partial charge in [0.2, 0.25) is 0 Å². The molecule has 3 nitrogen and oxygen atoms in total. The number of benzene rings is 1. The summed E-state index contributed by atoms with van der Waals surface area (Å²) in [5, 5.41) is 3.26. The summed E-state index contributed by atoms with van der Waals surface area (Å²) in [6.45, 7) is 5.32. The third kappa shape index (κ3) is 5.10. The van der Waals surface area contributed by atoms with Crippen molar-refractivity contribution in [3.05, 3.63) is 30.1 Å². The Morgan fingerprint density at radius 3 is 2.60 bits per heavy atom. The Labute approximate surface area is 121 Å². The first kappa shape index (κ1) is 15.3. The second-order valence-electron chi connectivity index (χ2n) is 5.50. The van der Waals surface area contributed by atoms with Gasteiger partial charge >= 0.3 is 0 Å². The molecule has 1 aromatic carbocycles. The molecular weight excluding hydrogens is 255 g/mol. The summed E-state index contributed by atoms with van der Waals surface area (Å²) in [4.78, 5) is 2.51. The Kier molecular flexibility index (Phi) is 6.27. The Balaban J connectivity index is 1.56. The summed E-state index contributed by atoms with van der Waals surface area (Å²) in [5.74, 6) is 1.37. The van der Waals surface area contributed by atoms with Crippen molar-refractivity contribution < 1.29 is 9.13 Å². The van der Waals surface area contributed by atoms with Gasteiger partial charge in [-0.1, -0.05) is 0 Å². The van der Waals surface area contributed by atoms with E-state index in [9.17, 15) is 4.39 Å². The highest BCUT2D eigenvalue weighted by Crippen LogP contribution is 2.16. The Bertz CT molecular complexity index is 375. The van der Waals surface area contributed by atoms with Gasteiger partial charge in [-0.25, -0.2) is 4.39 Å². The largest absolute Gasteiger partial charge is 0.494 e. The monoisotopic (exact) mass is 280 g/mol. The van der Waals surface area contributed by atoms with Crippen molar-refractivity contribution in [3.63, 3.8) is 0 Å². The fourth-order valence-electron chi connectivity index (χ4n) is 2.71. The first-order valence-corrected chi connectivity index (χ1v) is 7.53. The lowest BCUT2D eigenvalue weighted by atomic mass is 9.97. The van der Waals surface area contributed by atoms with Crippen LogP contribution < -0.4 is 10.1 Å². The predicted octanol–water partition coefficient (Wildman–Crippen LogP) is 2.53. The van der Waals surface area contributed by atoms with Crippen LogP contribution in [0.25, 0.3) is 0 Å². The van der Waals surface area contributed by atoms with E-state index in [2.05, 4.69) is 10.2 Å². The highest BCUT2D eigenvalue weighted by Gasteiger charge is 2.17. The van der Waals surface area contributed by atoms with Gasteiger partial charge in [-0.15, -0.1) is 0 Å². The predicted molar refractivity (Wildman–Crippen MR) is 79.6 cm³/mol. The number of ether oxygens (including phenoxy) is 1. The number of nitrogens with one attached hydrogen (secondary N) is 1. The Morgan fingerprint density at radius 1 is 1.25 bits per heavy atom. The summed E-state index contributed by atoms with van der Waals surface area (Å²) in [7, 11) is 2.03. The number of rotatable bonds is 7. The lowest BCUT2D eigenvalue weighted by Gasteiger charge is -2.31. The second-order valence-corrected chi connectivity index (χ2v) is 5.50. The summed E-state index contributed by atoms with van der Waals surface area (Å²) < 4.78 is 18.3. The first-order valence-electron chi connectivity index (χ1n) is 7.53. The highest BCUT2D eigenvalue weighted by atomic mass is 19.1. The van der Waals surface area contributed by atoms with Gasteiger partial charge < -0.3 is 15.0 Å². The molecule has 0 aliphatic carbocycles. The van der Waals surface area contributed by atoms with Crippen LogP contribution in [0.4, 0.5) is 4.39 Å². The van der Waals surface area contributed by atoms with Crippen LogP contribution in [0.2, 0.25) is 0 Å². The molecule has 20 heavy (non-hydrogen) atoms. The molecule has 4 heteroatoms. The minimum Gasteiger partial charge on any atom is -0.494 e. The fraction of sp³-hybridized carbons (Fsp3) is 0.625. The molecule has 0 bridgehead atoms. The lowest BCUT2D eigenvalue weighted by Crippen LogP contribution is -2.37. The van der Waals surface area contributed by atoms with E-state index in [1.54, 1.807) is 12.1 Å². The average Bonchev–Trinajstić information content (AvgIpc) is 2.47. The van der Waals surface area contributed by atoms with Gasteiger partial charge in [0, 0.05) is 6.54 Å². The highest BCUT2D eigenvalue weighted by molar-refractivity contribution is 5.21. The Morgan fingerprint density at radius 2 is 1.95 bits per heavy atom. The smallest absolute Gasteiger partial charge is 0.123 e. The van der Waals surface area contributed by atoms with Gasteiger partial charge in [-0.3, -0.25) is 0 Å². The van der Waals surface area contributed by atoms with Crippen LogP contribution in [-0.2, 0) is 0 Å². The van der Waals surface area contributed by atoms with Crippen LogP contribution in [0.15, 0.2) is 24.3 Å². The van der Waals surface area contributed by atoms with Crippen molar-refractivity contribution in [2.75, 3.05) is 39.8 Å². The molecule has 1 aromatic rings. The van der Waals surface area contributed by atoms with Crippen molar-refractivity contribution in [1.82, 2.24) is 10.2 Å². The van der Waals surface area contributed by atoms with Crippen molar-refractivity contribution in [1.29, 1.82) is 0 Å². The molecule has 0 radical (unpaired) electrons. The van der Waals surface area contributed by atoms with Crippen LogP contribution in [0.3, 0.4) is 0 Å². The van der Waals surface area contributed by atoms with E-state index < -0.39 is 0 Å². The third-order valence-electron chi connectivity index (χ3n) is 3.90. The third-order valence-corrected chi connectivity index (χ3v) is 3.90. The van der Waals surface area contributed by atoms with E-state index in [4.69, 9.17) is 4.74 Å². The van der Waals surface area contributed by atoms with Crippen LogP contribution in [-0.4, -0.2) is 44.7 Å². The molecule has 2 rings (SSSR count). The molecule has 0 amide bonds. The van der Waals surface area contributed by atoms with Crippen molar-refractivity contribution in [2.24, 2.45) is 5.92 Å². The molecule has 0 spiro atoms. The van der Waals surface area contributed by atoms with Crippen molar-refractivity contribution in [2.45, 2.75) is 19.3 Å². The van der Waals surface area contributed by atoms with Crippen LogP contribution in [0, 0.1) is 11.7 Å². The number of likely N-dealkylation sites (tertiary alicyclic amines) is 1. The van der Waals surface area contributed by atoms with E-state index in [0.717, 1.165) is 31.2 Å². The molecule has 0 atom stereocenters. The molecule has 1 saturated heterocycles. The maximum absolute atomic E-state index is 12.7. The minimum absolute atomic E-state index is 0.221. The summed E-state index contributed by atoms with van der Waals surface area (Å²) in [5.41, 5.74) is 0. The minimum atomic E-state index is -0.221. The summed E-state index contributed by atoms with van der Waals surface area (Å²) >= 11 is 0. The number of halogens is 1. The number of nitrogens with zero attached hydrogens (tertiary/aromatic N) is 1. The topological polar surface area (TPSA) is 24.5 Å². The van der Waals surface area contributed by atoms with E-state index in [-0.39, 0.29) is 5.82 Å². The molecule has 0 aromatic heterocycles. The number of hydrogen-bond donors (Lipinski definition) is 1. The zero-order valence-corrected chi connectivity index (χ0v) is 12.3. The normalized spacial score (nSPS) is 17.3. The van der Waals surface area contributed by atoms with E-state index in [1.807, 2.05) is 7.05 Å². The summed E-state index contributed by atoms with van der Waals surface area (Å²) in [6, 6.07) is 6.22. The molecule has 0 saturated carbocycles. The van der Waals surface area contributed by atoms with Gasteiger partial charge in [0.25, 0.3) is 0 Å². The maximum Gasteiger partial charge on any atom is 0.123 e. The van der Waals surface area contributed by atoms with E-state index in [0.29, 0.717) is 6.61 Å². The van der Waals surface area contributed by atoms with Gasteiger partial charge in [0.15, 0.2) is 0 Å². The molecule has 1 fully saturated rings. The summed E-state index contributed by atoms with van der Waals surface area (Å²) in [6.07, 6.45) is 3.60. The molecule has 1 heterocycles. The standard InChI is InChI=1S/C16H25FN2O/c1-18-13-14-7-10-19(11-8-14)9-2-12-20-16-5-3-15(17)4-6-16/h3-6,14,18H,2,7-13H2,1H3. The van der Waals surface area contributed by atoms with Gasteiger partial charge in [-0.2, -0.15) is 0 Å². The van der Waals surface area contributed by atoms with Crippen molar-refractivity contribution >= 4 is 0 Å². The zero-order chi connectivity index (χ0) is 14.2. The first-order chi connectivity index (χ1) is 9.78. The SMILES string of the molecule is CNCC1CCN(CCCOc2ccc(F)cc2)CC1. The number of hydrogen-bond acceptors (Lipinski definition) is 3. The van der Waals surface area contributed by atoms with E-state index in [1.165, 1.54) is 38.1 Å². The molecule has 1 aliphatic rings. The van der Waals surface area contributed by atoms with E-state index >= 15 is 0 Å². The van der Waals surface area contributed by atoms with Gasteiger partial charge in [0.05, 0.1) is 6.61 Å². The van der Waals surface area contributed by atoms with Crippen LogP contribution in [0.5, 0.6) is 5.75 Å². The lowest BCUT2D eigenvalue weighted by molar-refractivity contribution is 0.170. The van der Waals surface area contributed by atoms with Crippen molar-refractivity contribution in [3.8, 4) is 5.75 Å². The van der Waals surface area contributed by atoms with Crippen LogP contribution >= 0.6 is 0 Å². The van der Waals surface area contributed by atoms with Crippen LogP contribution in [0.1, 0.15) is 19.3 Å². The zero-order valence-electron chi connectivity index (χ0n) is 12.3. The second kappa shape index (κ2) is 8.22.